The second-order valence-electron chi connectivity index (χ2n) is 5.44. The van der Waals surface area contributed by atoms with Crippen LogP contribution < -0.4 is 0 Å². The van der Waals surface area contributed by atoms with Gasteiger partial charge in [-0.05, 0) is 17.2 Å². The zero-order valence-electron chi connectivity index (χ0n) is 12.6. The first kappa shape index (κ1) is 15.0. The fraction of sp³-hybridized carbons (Fsp3) is 0.158. The monoisotopic (exact) mass is 306 g/mol. The van der Waals surface area contributed by atoms with Gasteiger partial charge in [-0.1, -0.05) is 48.5 Å². The zero-order chi connectivity index (χ0) is 16.1. The van der Waals surface area contributed by atoms with Gasteiger partial charge in [0.1, 0.15) is 0 Å². The molecule has 0 aliphatic carbocycles. The number of aliphatic carboxylic acids is 1. The van der Waals surface area contributed by atoms with Crippen LogP contribution in [0.2, 0.25) is 0 Å². The Hall–Kier alpha value is -2.88. The third-order valence-corrected chi connectivity index (χ3v) is 3.83. The SMILES string of the molecule is O=C(O)[C@H](Cc1c[nH]c2ccccc12)N=CCc1ccccc1. The predicted octanol–water partition coefficient (Wildman–Crippen LogP) is 3.48. The van der Waals surface area contributed by atoms with Crippen molar-refractivity contribution in [2.45, 2.75) is 18.9 Å². The molecule has 0 fully saturated rings. The quantitative estimate of drug-likeness (QED) is 0.685. The van der Waals surface area contributed by atoms with Crippen molar-refractivity contribution >= 4 is 23.1 Å². The van der Waals surface area contributed by atoms with Crippen LogP contribution in [0.25, 0.3) is 10.9 Å². The number of hydrogen-bond acceptors (Lipinski definition) is 2. The summed E-state index contributed by atoms with van der Waals surface area (Å²) in [6.45, 7) is 0. The van der Waals surface area contributed by atoms with E-state index >= 15 is 0 Å². The zero-order valence-corrected chi connectivity index (χ0v) is 12.6. The highest BCUT2D eigenvalue weighted by Crippen LogP contribution is 2.19. The normalized spacial score (nSPS) is 12.7. The third-order valence-electron chi connectivity index (χ3n) is 3.83. The first-order chi connectivity index (χ1) is 11.2. The molecule has 0 aliphatic rings. The number of para-hydroxylation sites is 1. The number of carboxylic acids is 1. The molecule has 2 N–H and O–H groups in total. The number of H-pyrrole nitrogens is 1. The Labute approximate surface area is 134 Å². The van der Waals surface area contributed by atoms with Crippen molar-refractivity contribution in [1.82, 2.24) is 4.98 Å². The van der Waals surface area contributed by atoms with Crippen LogP contribution in [0.4, 0.5) is 0 Å². The molecule has 3 rings (SSSR count). The van der Waals surface area contributed by atoms with Crippen LogP contribution in [0.1, 0.15) is 11.1 Å². The van der Waals surface area contributed by atoms with Crippen molar-refractivity contribution < 1.29 is 9.90 Å². The summed E-state index contributed by atoms with van der Waals surface area (Å²) in [5.74, 6) is -0.903. The van der Waals surface area contributed by atoms with E-state index in [4.69, 9.17) is 0 Å². The van der Waals surface area contributed by atoms with E-state index in [-0.39, 0.29) is 0 Å². The number of hydrogen-bond donors (Lipinski definition) is 2. The second kappa shape index (κ2) is 6.92. The number of aromatic nitrogens is 1. The molecule has 0 unspecified atom stereocenters. The minimum atomic E-state index is -0.903. The maximum atomic E-state index is 11.5. The molecule has 1 heterocycles. The number of aliphatic imine (C=N–C) groups is 1. The number of nitrogens with one attached hydrogen (secondary N) is 1. The van der Waals surface area contributed by atoms with Gasteiger partial charge < -0.3 is 10.1 Å². The molecule has 0 spiro atoms. The van der Waals surface area contributed by atoms with Crippen molar-refractivity contribution in [2.24, 2.45) is 4.99 Å². The van der Waals surface area contributed by atoms with E-state index in [9.17, 15) is 9.90 Å². The summed E-state index contributed by atoms with van der Waals surface area (Å²) in [5, 5.41) is 10.5. The molecule has 4 nitrogen and oxygen atoms in total. The third kappa shape index (κ3) is 3.66. The average Bonchev–Trinajstić information content (AvgIpc) is 2.98. The molecule has 116 valence electrons. The number of aromatic amines is 1. The Morgan fingerprint density at radius 3 is 2.65 bits per heavy atom. The lowest BCUT2D eigenvalue weighted by molar-refractivity contribution is -0.138. The summed E-state index contributed by atoms with van der Waals surface area (Å²) in [5.41, 5.74) is 3.11. The summed E-state index contributed by atoms with van der Waals surface area (Å²) in [4.78, 5) is 18.9. The molecule has 0 amide bonds. The molecule has 0 bridgehead atoms. The van der Waals surface area contributed by atoms with Gasteiger partial charge in [-0.3, -0.25) is 4.99 Å². The first-order valence-corrected chi connectivity index (χ1v) is 7.57. The molecule has 0 aliphatic heterocycles. The molecular formula is C19H18N2O2. The van der Waals surface area contributed by atoms with Gasteiger partial charge in [-0.25, -0.2) is 4.79 Å². The maximum absolute atomic E-state index is 11.5. The highest BCUT2D eigenvalue weighted by Gasteiger charge is 2.17. The van der Waals surface area contributed by atoms with E-state index in [1.807, 2.05) is 60.8 Å². The van der Waals surface area contributed by atoms with E-state index in [0.717, 1.165) is 22.0 Å². The smallest absolute Gasteiger partial charge is 0.328 e. The largest absolute Gasteiger partial charge is 0.480 e. The number of fused-ring (bicyclic) bond motifs is 1. The predicted molar refractivity (Wildman–Crippen MR) is 92.1 cm³/mol. The van der Waals surface area contributed by atoms with Gasteiger partial charge in [0.25, 0.3) is 0 Å². The molecular weight excluding hydrogens is 288 g/mol. The fourth-order valence-electron chi connectivity index (χ4n) is 2.61. The minimum Gasteiger partial charge on any atom is -0.480 e. The number of carboxylic acid groups (broad SMARTS) is 1. The van der Waals surface area contributed by atoms with E-state index in [1.165, 1.54) is 0 Å². The highest BCUT2D eigenvalue weighted by molar-refractivity contribution is 5.84. The summed E-state index contributed by atoms with van der Waals surface area (Å²) >= 11 is 0. The number of carbonyl (C=O) groups is 1. The minimum absolute atomic E-state index is 0.380. The topological polar surface area (TPSA) is 65.4 Å². The number of nitrogens with zero attached hydrogens (tertiary/aromatic N) is 1. The summed E-state index contributed by atoms with van der Waals surface area (Å²) < 4.78 is 0. The van der Waals surface area contributed by atoms with E-state index in [2.05, 4.69) is 9.98 Å². The summed E-state index contributed by atoms with van der Waals surface area (Å²) in [6.07, 6.45) is 4.58. The standard InChI is InChI=1S/C19H18N2O2/c22-19(23)18(20-11-10-14-6-2-1-3-7-14)12-15-13-21-17-9-5-4-8-16(15)17/h1-9,11,13,18,21H,10,12H2,(H,22,23)/t18-/m0/s1. The van der Waals surface area contributed by atoms with Gasteiger partial charge in [0.15, 0.2) is 6.04 Å². The van der Waals surface area contributed by atoms with Crippen LogP contribution >= 0.6 is 0 Å². The highest BCUT2D eigenvalue weighted by atomic mass is 16.4. The van der Waals surface area contributed by atoms with E-state index in [0.29, 0.717) is 12.8 Å². The second-order valence-corrected chi connectivity index (χ2v) is 5.44. The van der Waals surface area contributed by atoms with Crippen molar-refractivity contribution in [1.29, 1.82) is 0 Å². The lowest BCUT2D eigenvalue weighted by atomic mass is 10.1. The Bertz CT molecular complexity index is 822. The molecule has 0 saturated heterocycles. The Kier molecular flexibility index (Phi) is 4.52. The maximum Gasteiger partial charge on any atom is 0.328 e. The summed E-state index contributed by atoms with van der Waals surface area (Å²) in [6, 6.07) is 17.0. The van der Waals surface area contributed by atoms with Crippen LogP contribution in [0.15, 0.2) is 65.8 Å². The van der Waals surface area contributed by atoms with Crippen LogP contribution in [0.3, 0.4) is 0 Å². The van der Waals surface area contributed by atoms with Crippen LogP contribution in [0, 0.1) is 0 Å². The first-order valence-electron chi connectivity index (χ1n) is 7.57. The van der Waals surface area contributed by atoms with Crippen molar-refractivity contribution in [3.05, 3.63) is 71.9 Å². The van der Waals surface area contributed by atoms with Crippen molar-refractivity contribution in [2.75, 3.05) is 0 Å². The van der Waals surface area contributed by atoms with Crippen molar-refractivity contribution in [3.8, 4) is 0 Å². The average molecular weight is 306 g/mol. The van der Waals surface area contributed by atoms with Crippen molar-refractivity contribution in [3.63, 3.8) is 0 Å². The van der Waals surface area contributed by atoms with E-state index in [1.54, 1.807) is 6.21 Å². The Morgan fingerprint density at radius 2 is 1.87 bits per heavy atom. The molecule has 0 saturated carbocycles. The van der Waals surface area contributed by atoms with Gasteiger partial charge in [0, 0.05) is 36.2 Å². The molecule has 1 aromatic heterocycles. The van der Waals surface area contributed by atoms with Crippen LogP contribution in [0.5, 0.6) is 0 Å². The number of benzene rings is 2. The van der Waals surface area contributed by atoms with Gasteiger partial charge in [-0.15, -0.1) is 0 Å². The van der Waals surface area contributed by atoms with Gasteiger partial charge in [0.2, 0.25) is 0 Å². The van der Waals surface area contributed by atoms with Gasteiger partial charge >= 0.3 is 5.97 Å². The van der Waals surface area contributed by atoms with Gasteiger partial charge in [0.05, 0.1) is 0 Å². The molecule has 3 aromatic rings. The molecule has 2 aromatic carbocycles. The van der Waals surface area contributed by atoms with Gasteiger partial charge in [-0.2, -0.15) is 0 Å². The van der Waals surface area contributed by atoms with Crippen LogP contribution in [-0.4, -0.2) is 28.3 Å². The number of rotatable bonds is 6. The lowest BCUT2D eigenvalue weighted by Crippen LogP contribution is -2.20. The Morgan fingerprint density at radius 1 is 1.13 bits per heavy atom. The van der Waals surface area contributed by atoms with E-state index < -0.39 is 12.0 Å². The molecule has 1 atom stereocenters. The molecule has 23 heavy (non-hydrogen) atoms. The fourth-order valence-corrected chi connectivity index (χ4v) is 2.61. The molecule has 4 heteroatoms. The lowest BCUT2D eigenvalue weighted by Gasteiger charge is -2.06. The summed E-state index contributed by atoms with van der Waals surface area (Å²) in [7, 11) is 0. The Balaban J connectivity index is 1.73. The molecule has 0 radical (unpaired) electrons. The van der Waals surface area contributed by atoms with Crippen LogP contribution in [-0.2, 0) is 17.6 Å².